The zero-order valence-corrected chi connectivity index (χ0v) is 18.0. The third kappa shape index (κ3) is 6.44. The molecular formula is C17H22ClN5O2S2. The first-order valence-electron chi connectivity index (χ1n) is 8.18. The van der Waals surface area contributed by atoms with Gasteiger partial charge in [-0.3, -0.25) is 14.3 Å². The summed E-state index contributed by atoms with van der Waals surface area (Å²) in [6, 6.07) is 4.72. The summed E-state index contributed by atoms with van der Waals surface area (Å²) in [6.45, 7) is 5.85. The van der Waals surface area contributed by atoms with Gasteiger partial charge in [0.05, 0.1) is 18.3 Å². The number of amides is 2. The lowest BCUT2D eigenvalue weighted by molar-refractivity contribution is -0.114. The monoisotopic (exact) mass is 427 g/mol. The van der Waals surface area contributed by atoms with E-state index in [0.29, 0.717) is 22.0 Å². The van der Waals surface area contributed by atoms with Crippen LogP contribution in [0.15, 0.2) is 24.4 Å². The second kappa shape index (κ2) is 9.48. The van der Waals surface area contributed by atoms with Gasteiger partial charge in [0, 0.05) is 29.0 Å². The number of aryl methyl sites for hydroxylation is 1. The van der Waals surface area contributed by atoms with Gasteiger partial charge in [-0.15, -0.1) is 5.10 Å². The Bertz CT molecular complexity index is 825. The molecule has 2 rings (SSSR count). The highest BCUT2D eigenvalue weighted by atomic mass is 35.5. The molecule has 0 fully saturated rings. The van der Waals surface area contributed by atoms with Crippen molar-refractivity contribution in [3.8, 4) is 0 Å². The summed E-state index contributed by atoms with van der Waals surface area (Å²) in [6.07, 6.45) is 3.87. The van der Waals surface area contributed by atoms with Gasteiger partial charge >= 0.3 is 0 Å². The molecule has 1 aromatic carbocycles. The Morgan fingerprint density at radius 2 is 2.04 bits per heavy atom. The molecule has 146 valence electrons. The largest absolute Gasteiger partial charge is 0.341 e. The maximum atomic E-state index is 12.7. The zero-order chi connectivity index (χ0) is 20.0. The number of anilines is 1. The minimum atomic E-state index is -0.724. The van der Waals surface area contributed by atoms with Crippen LogP contribution in [0.2, 0.25) is 5.02 Å². The number of carbonyl (C=O) groups is 2. The van der Waals surface area contributed by atoms with Gasteiger partial charge in [-0.25, -0.2) is 0 Å². The smallest absolute Gasteiger partial charge is 0.252 e. The number of benzene rings is 1. The molecule has 0 atom stereocenters. The third-order valence-electron chi connectivity index (χ3n) is 3.61. The summed E-state index contributed by atoms with van der Waals surface area (Å²) in [4.78, 5) is 23.9. The van der Waals surface area contributed by atoms with Gasteiger partial charge in [-0.1, -0.05) is 38.4 Å². The van der Waals surface area contributed by atoms with E-state index in [1.807, 2.05) is 26.3 Å². The molecule has 0 spiro atoms. The zero-order valence-electron chi connectivity index (χ0n) is 15.6. The van der Waals surface area contributed by atoms with Crippen LogP contribution in [0.25, 0.3) is 0 Å². The molecule has 1 aromatic heterocycles. The molecule has 1 heterocycles. The number of nitrogens with one attached hydrogen (secondary N) is 2. The van der Waals surface area contributed by atoms with Gasteiger partial charge in [0.15, 0.2) is 0 Å². The molecule has 0 saturated heterocycles. The highest BCUT2D eigenvalue weighted by Gasteiger charge is 2.27. The molecule has 7 nitrogen and oxygen atoms in total. The Morgan fingerprint density at radius 3 is 2.70 bits per heavy atom. The number of nitrogens with zero attached hydrogens (tertiary/aromatic N) is 3. The van der Waals surface area contributed by atoms with Crippen LogP contribution in [-0.4, -0.2) is 38.8 Å². The van der Waals surface area contributed by atoms with Crippen LogP contribution in [0, 0.1) is 0 Å². The second-order valence-corrected chi connectivity index (χ2v) is 9.47. The average Bonchev–Trinajstić information content (AvgIpc) is 3.03. The second-order valence-electron chi connectivity index (χ2n) is 6.34. The van der Waals surface area contributed by atoms with Gasteiger partial charge in [-0.2, -0.15) is 0 Å². The van der Waals surface area contributed by atoms with Gasteiger partial charge in [0.2, 0.25) is 5.91 Å². The Labute approximate surface area is 171 Å². The number of rotatable bonds is 8. The fourth-order valence-corrected chi connectivity index (χ4v) is 3.71. The van der Waals surface area contributed by atoms with Crippen molar-refractivity contribution in [1.29, 1.82) is 0 Å². The van der Waals surface area contributed by atoms with Crippen LogP contribution in [0.4, 0.5) is 5.69 Å². The lowest BCUT2D eigenvalue weighted by Crippen LogP contribution is -2.41. The number of halogens is 1. The van der Waals surface area contributed by atoms with Crippen molar-refractivity contribution in [3.63, 3.8) is 0 Å². The fraction of sp³-hybridized carbons (Fsp3) is 0.412. The first-order valence-corrected chi connectivity index (χ1v) is 11.3. The molecule has 0 aliphatic rings. The first-order chi connectivity index (χ1) is 12.7. The summed E-state index contributed by atoms with van der Waals surface area (Å²) in [5.74, 6) is 0.368. The number of carbonyl (C=O) groups excluding carboxylic acids is 2. The first kappa shape index (κ1) is 21.6. The minimum absolute atomic E-state index is 0.236. The third-order valence-corrected chi connectivity index (χ3v) is 5.62. The summed E-state index contributed by atoms with van der Waals surface area (Å²) in [7, 11) is 3.46. The Hall–Kier alpha value is -1.71. The fourth-order valence-electron chi connectivity index (χ4n) is 2.32. The summed E-state index contributed by atoms with van der Waals surface area (Å²) >= 11 is 6.07. The average molecular weight is 428 g/mol. The van der Waals surface area contributed by atoms with Crippen LogP contribution in [0.1, 0.15) is 36.8 Å². The maximum absolute atomic E-state index is 12.7. The number of aromatic nitrogens is 3. The molecule has 0 bridgehead atoms. The van der Waals surface area contributed by atoms with Crippen molar-refractivity contribution in [3.05, 3.63) is 40.7 Å². The molecule has 0 aliphatic heterocycles. The van der Waals surface area contributed by atoms with Crippen LogP contribution in [0.5, 0.6) is 0 Å². The van der Waals surface area contributed by atoms with Crippen molar-refractivity contribution in [2.75, 3.05) is 17.3 Å². The Kier molecular flexibility index (Phi) is 7.58. The van der Waals surface area contributed by atoms with E-state index in [2.05, 4.69) is 20.9 Å². The van der Waals surface area contributed by atoms with Crippen molar-refractivity contribution in [2.45, 2.75) is 32.9 Å². The van der Waals surface area contributed by atoms with Crippen LogP contribution in [0.3, 0.4) is 0 Å². The van der Waals surface area contributed by atoms with Gasteiger partial charge in [0.1, 0.15) is 5.69 Å². The summed E-state index contributed by atoms with van der Waals surface area (Å²) in [5, 5.41) is 14.2. The van der Waals surface area contributed by atoms with Crippen molar-refractivity contribution in [2.24, 2.45) is 0 Å². The molecular weight excluding hydrogens is 406 g/mol. The predicted molar refractivity (Wildman–Crippen MR) is 112 cm³/mol. The topological polar surface area (TPSA) is 88.9 Å². The van der Waals surface area contributed by atoms with E-state index in [9.17, 15) is 9.59 Å². The van der Waals surface area contributed by atoms with E-state index in [1.54, 1.807) is 44.5 Å². The quantitative estimate of drug-likeness (QED) is 0.494. The highest BCUT2D eigenvalue weighted by molar-refractivity contribution is 8.76. The van der Waals surface area contributed by atoms with Crippen molar-refractivity contribution in [1.82, 2.24) is 20.3 Å². The summed E-state index contributed by atoms with van der Waals surface area (Å²) < 4.78 is 1.76. The maximum Gasteiger partial charge on any atom is 0.252 e. The number of hydrogen-bond acceptors (Lipinski definition) is 6. The molecule has 0 saturated carbocycles. The van der Waals surface area contributed by atoms with Crippen LogP contribution in [-0.2, 0) is 16.9 Å². The SMILES string of the molecule is CSSCCn1cc(C(C)(C)NC(=O)c2cc(Cl)cc(NC(C)=O)c2)nn1. The Balaban J connectivity index is 2.11. The van der Waals surface area contributed by atoms with E-state index in [-0.39, 0.29) is 11.8 Å². The molecule has 2 N–H and O–H groups in total. The molecule has 2 aromatic rings. The van der Waals surface area contributed by atoms with E-state index in [1.165, 1.54) is 6.92 Å². The van der Waals surface area contributed by atoms with Crippen molar-refractivity contribution < 1.29 is 9.59 Å². The predicted octanol–water partition coefficient (Wildman–Crippen LogP) is 3.57. The van der Waals surface area contributed by atoms with Gasteiger partial charge in [-0.05, 0) is 38.3 Å². The molecule has 27 heavy (non-hydrogen) atoms. The van der Waals surface area contributed by atoms with E-state index < -0.39 is 5.54 Å². The standard InChI is InChI=1S/C17H22ClN5O2S2/c1-11(24)19-14-8-12(7-13(18)9-14)16(25)20-17(2,3)15-10-23(22-21-15)5-6-27-26-4/h7-10H,5-6H2,1-4H3,(H,19,24)(H,20,25). The van der Waals surface area contributed by atoms with E-state index in [4.69, 9.17) is 11.6 Å². The van der Waals surface area contributed by atoms with Crippen LogP contribution < -0.4 is 10.6 Å². The molecule has 2 amide bonds. The highest BCUT2D eigenvalue weighted by Crippen LogP contribution is 2.22. The molecule has 0 unspecified atom stereocenters. The molecule has 0 aliphatic carbocycles. The number of hydrogen-bond donors (Lipinski definition) is 2. The van der Waals surface area contributed by atoms with E-state index >= 15 is 0 Å². The van der Waals surface area contributed by atoms with Gasteiger partial charge < -0.3 is 10.6 Å². The van der Waals surface area contributed by atoms with Crippen LogP contribution >= 0.6 is 33.2 Å². The Morgan fingerprint density at radius 1 is 1.30 bits per heavy atom. The van der Waals surface area contributed by atoms with Gasteiger partial charge in [0.25, 0.3) is 5.91 Å². The summed E-state index contributed by atoms with van der Waals surface area (Å²) in [5.41, 5.74) is 0.755. The molecule has 0 radical (unpaired) electrons. The molecule has 10 heteroatoms. The minimum Gasteiger partial charge on any atom is -0.341 e. The lowest BCUT2D eigenvalue weighted by atomic mass is 10.0. The van der Waals surface area contributed by atoms with Crippen molar-refractivity contribution >= 4 is 50.7 Å². The lowest BCUT2D eigenvalue weighted by Gasteiger charge is -2.24. The normalized spacial score (nSPS) is 11.3. The van der Waals surface area contributed by atoms with E-state index in [0.717, 1.165) is 12.3 Å².